The summed E-state index contributed by atoms with van der Waals surface area (Å²) in [6, 6.07) is 11.7. The molecule has 2 aromatic rings. The van der Waals surface area contributed by atoms with Crippen molar-refractivity contribution in [3.05, 3.63) is 63.7 Å². The fourth-order valence-electron chi connectivity index (χ4n) is 1.83. The molecule has 0 heterocycles. The first kappa shape index (κ1) is 14.8. The van der Waals surface area contributed by atoms with Crippen molar-refractivity contribution < 1.29 is 14.4 Å². The first-order valence-corrected chi connectivity index (χ1v) is 6.37. The number of non-ortho nitro benzene ring substituents is 1. The number of nitro benzene ring substituents is 1. The third kappa shape index (κ3) is 3.70. The zero-order valence-electron chi connectivity index (χ0n) is 11.6. The van der Waals surface area contributed by atoms with Crippen LogP contribution in [0.1, 0.15) is 11.1 Å². The minimum Gasteiger partial charge on any atom is -0.493 e. The zero-order chi connectivity index (χ0) is 15.2. The third-order valence-corrected chi connectivity index (χ3v) is 3.01. The summed E-state index contributed by atoms with van der Waals surface area (Å²) in [5.74, 6) is 1.22. The van der Waals surface area contributed by atoms with Gasteiger partial charge in [0.05, 0.1) is 12.0 Å². The molecule has 0 saturated carbocycles. The van der Waals surface area contributed by atoms with Gasteiger partial charge in [0, 0.05) is 18.7 Å². The Balaban J connectivity index is 2.07. The van der Waals surface area contributed by atoms with Crippen LogP contribution in [0.15, 0.2) is 42.5 Å². The van der Waals surface area contributed by atoms with E-state index < -0.39 is 4.92 Å². The van der Waals surface area contributed by atoms with Gasteiger partial charge in [-0.15, -0.1) is 0 Å². The third-order valence-electron chi connectivity index (χ3n) is 3.01. The largest absolute Gasteiger partial charge is 0.493 e. The van der Waals surface area contributed by atoms with Crippen LogP contribution in [0.3, 0.4) is 0 Å². The van der Waals surface area contributed by atoms with Gasteiger partial charge in [0.1, 0.15) is 6.61 Å². The van der Waals surface area contributed by atoms with E-state index in [1.54, 1.807) is 25.3 Å². The van der Waals surface area contributed by atoms with Crippen LogP contribution < -0.4 is 15.2 Å². The molecule has 0 aliphatic heterocycles. The number of nitro groups is 1. The van der Waals surface area contributed by atoms with E-state index in [-0.39, 0.29) is 5.69 Å². The highest BCUT2D eigenvalue weighted by Crippen LogP contribution is 2.28. The highest BCUT2D eigenvalue weighted by Gasteiger charge is 2.07. The number of benzene rings is 2. The van der Waals surface area contributed by atoms with Gasteiger partial charge in [0.25, 0.3) is 5.69 Å². The molecule has 2 N–H and O–H groups in total. The zero-order valence-corrected chi connectivity index (χ0v) is 11.6. The second kappa shape index (κ2) is 6.71. The standard InChI is InChI=1S/C15H16N2O4/c1-20-15-8-12(9-16)4-7-14(15)21-10-11-2-5-13(6-3-11)17(18)19/h2-8H,9-10,16H2,1H3. The maximum Gasteiger partial charge on any atom is 0.269 e. The molecule has 0 aliphatic rings. The molecule has 0 bridgehead atoms. The molecule has 0 saturated heterocycles. The molecular weight excluding hydrogens is 272 g/mol. The Labute approximate surface area is 122 Å². The fourth-order valence-corrected chi connectivity index (χ4v) is 1.83. The van der Waals surface area contributed by atoms with E-state index in [1.165, 1.54) is 12.1 Å². The summed E-state index contributed by atoms with van der Waals surface area (Å²) in [6.07, 6.45) is 0. The lowest BCUT2D eigenvalue weighted by Crippen LogP contribution is -2.00. The lowest BCUT2D eigenvalue weighted by Gasteiger charge is -2.11. The summed E-state index contributed by atoms with van der Waals surface area (Å²) >= 11 is 0. The molecule has 0 unspecified atom stereocenters. The van der Waals surface area contributed by atoms with Crippen LogP contribution in [-0.4, -0.2) is 12.0 Å². The molecule has 0 amide bonds. The van der Waals surface area contributed by atoms with E-state index in [0.717, 1.165) is 11.1 Å². The molecule has 0 spiro atoms. The van der Waals surface area contributed by atoms with Gasteiger partial charge in [0.15, 0.2) is 11.5 Å². The van der Waals surface area contributed by atoms with Gasteiger partial charge in [-0.3, -0.25) is 10.1 Å². The van der Waals surface area contributed by atoms with Crippen LogP contribution in [-0.2, 0) is 13.2 Å². The van der Waals surface area contributed by atoms with Crippen LogP contribution in [0.5, 0.6) is 11.5 Å². The van der Waals surface area contributed by atoms with Crippen LogP contribution >= 0.6 is 0 Å². The highest BCUT2D eigenvalue weighted by molar-refractivity contribution is 5.43. The van der Waals surface area contributed by atoms with Gasteiger partial charge in [-0.25, -0.2) is 0 Å². The van der Waals surface area contributed by atoms with Crippen LogP contribution in [0.25, 0.3) is 0 Å². The van der Waals surface area contributed by atoms with Gasteiger partial charge in [-0.05, 0) is 35.4 Å². The van der Waals surface area contributed by atoms with Crippen LogP contribution in [0.4, 0.5) is 5.69 Å². The lowest BCUT2D eigenvalue weighted by molar-refractivity contribution is -0.384. The first-order chi connectivity index (χ1) is 10.1. The number of hydrogen-bond acceptors (Lipinski definition) is 5. The summed E-state index contributed by atoms with van der Waals surface area (Å²) in [6.45, 7) is 0.731. The Hall–Kier alpha value is -2.60. The smallest absolute Gasteiger partial charge is 0.269 e. The fraction of sp³-hybridized carbons (Fsp3) is 0.200. The summed E-state index contributed by atoms with van der Waals surface area (Å²) in [7, 11) is 1.56. The molecule has 2 rings (SSSR count). The predicted octanol–water partition coefficient (Wildman–Crippen LogP) is 2.64. The number of rotatable bonds is 6. The molecule has 6 nitrogen and oxygen atoms in total. The molecule has 6 heteroatoms. The molecule has 0 fully saturated rings. The van der Waals surface area contributed by atoms with Crippen molar-refractivity contribution >= 4 is 5.69 Å². The summed E-state index contributed by atoms with van der Waals surface area (Å²) in [5.41, 5.74) is 7.43. The Morgan fingerprint density at radius 2 is 1.76 bits per heavy atom. The number of nitrogens with zero attached hydrogens (tertiary/aromatic N) is 1. The quantitative estimate of drug-likeness (QED) is 0.652. The maximum absolute atomic E-state index is 10.6. The molecule has 0 aromatic heterocycles. The minimum atomic E-state index is -0.431. The Morgan fingerprint density at radius 1 is 1.10 bits per heavy atom. The second-order valence-corrected chi connectivity index (χ2v) is 4.40. The Kier molecular flexibility index (Phi) is 4.73. The van der Waals surface area contributed by atoms with Crippen LogP contribution in [0, 0.1) is 10.1 Å². The predicted molar refractivity (Wildman–Crippen MR) is 78.3 cm³/mol. The van der Waals surface area contributed by atoms with Gasteiger partial charge < -0.3 is 15.2 Å². The van der Waals surface area contributed by atoms with E-state index in [4.69, 9.17) is 15.2 Å². The number of hydrogen-bond donors (Lipinski definition) is 1. The Morgan fingerprint density at radius 3 is 2.33 bits per heavy atom. The van der Waals surface area contributed by atoms with Crippen molar-refractivity contribution in [1.82, 2.24) is 0 Å². The monoisotopic (exact) mass is 288 g/mol. The average Bonchev–Trinajstić information content (AvgIpc) is 2.53. The van der Waals surface area contributed by atoms with Crippen LogP contribution in [0.2, 0.25) is 0 Å². The molecule has 110 valence electrons. The van der Waals surface area contributed by atoms with Crippen molar-refractivity contribution in [2.24, 2.45) is 5.73 Å². The topological polar surface area (TPSA) is 87.6 Å². The number of ether oxygens (including phenoxy) is 2. The van der Waals surface area contributed by atoms with Crippen molar-refractivity contribution in [1.29, 1.82) is 0 Å². The van der Waals surface area contributed by atoms with Crippen molar-refractivity contribution in [3.8, 4) is 11.5 Å². The summed E-state index contributed by atoms with van der Waals surface area (Å²) in [4.78, 5) is 10.2. The Bertz CT molecular complexity index is 626. The van der Waals surface area contributed by atoms with E-state index in [0.29, 0.717) is 24.7 Å². The summed E-state index contributed by atoms with van der Waals surface area (Å²) < 4.78 is 10.9. The molecule has 0 radical (unpaired) electrons. The first-order valence-electron chi connectivity index (χ1n) is 6.37. The van der Waals surface area contributed by atoms with Crippen molar-refractivity contribution in [2.45, 2.75) is 13.2 Å². The molecule has 2 aromatic carbocycles. The molecule has 0 aliphatic carbocycles. The van der Waals surface area contributed by atoms with Crippen molar-refractivity contribution in [2.75, 3.05) is 7.11 Å². The maximum atomic E-state index is 10.6. The molecule has 0 atom stereocenters. The average molecular weight is 288 g/mol. The normalized spacial score (nSPS) is 10.2. The SMILES string of the molecule is COc1cc(CN)ccc1OCc1ccc([N+](=O)[O-])cc1. The van der Waals surface area contributed by atoms with Crippen molar-refractivity contribution in [3.63, 3.8) is 0 Å². The van der Waals surface area contributed by atoms with E-state index in [2.05, 4.69) is 0 Å². The lowest BCUT2D eigenvalue weighted by atomic mass is 10.2. The number of nitrogens with two attached hydrogens (primary N) is 1. The van der Waals surface area contributed by atoms with Gasteiger partial charge in [-0.2, -0.15) is 0 Å². The van der Waals surface area contributed by atoms with Gasteiger partial charge in [-0.1, -0.05) is 6.07 Å². The van der Waals surface area contributed by atoms with Gasteiger partial charge in [0.2, 0.25) is 0 Å². The van der Waals surface area contributed by atoms with Gasteiger partial charge >= 0.3 is 0 Å². The minimum absolute atomic E-state index is 0.0589. The molecule has 21 heavy (non-hydrogen) atoms. The number of methoxy groups -OCH3 is 1. The van der Waals surface area contributed by atoms with E-state index in [1.807, 2.05) is 12.1 Å². The second-order valence-electron chi connectivity index (χ2n) is 4.40. The molecular formula is C15H16N2O4. The van der Waals surface area contributed by atoms with E-state index >= 15 is 0 Å². The van der Waals surface area contributed by atoms with E-state index in [9.17, 15) is 10.1 Å². The highest BCUT2D eigenvalue weighted by atomic mass is 16.6. The summed E-state index contributed by atoms with van der Waals surface area (Å²) in [5, 5.41) is 10.6.